The molecule has 2 heterocycles. The highest BCUT2D eigenvalue weighted by atomic mass is 32.1. The Kier molecular flexibility index (Phi) is 4.63. The molecule has 114 valence electrons. The molecule has 2 aromatic rings. The maximum absolute atomic E-state index is 13.1. The lowest BCUT2D eigenvalue weighted by atomic mass is 10.2. The zero-order valence-electron chi connectivity index (χ0n) is 12.0. The van der Waals surface area contributed by atoms with Gasteiger partial charge < -0.3 is 5.32 Å². The molecule has 0 saturated heterocycles. The van der Waals surface area contributed by atoms with Crippen LogP contribution in [0.4, 0.5) is 13.2 Å². The Morgan fingerprint density at radius 1 is 1.14 bits per heavy atom. The molecule has 0 aliphatic rings. The monoisotopic (exact) mass is 315 g/mol. The normalized spacial score (nSPS) is 11.9. The summed E-state index contributed by atoms with van der Waals surface area (Å²) >= 11 is 1.08. The molecule has 21 heavy (non-hydrogen) atoms. The van der Waals surface area contributed by atoms with Gasteiger partial charge in [-0.3, -0.25) is 4.98 Å². The lowest BCUT2D eigenvalue weighted by Crippen LogP contribution is -2.15. The van der Waals surface area contributed by atoms with Crippen molar-refractivity contribution in [3.05, 3.63) is 34.1 Å². The van der Waals surface area contributed by atoms with E-state index in [1.54, 1.807) is 12.1 Å². The molecule has 1 N–H and O–H groups in total. The standard InChI is InChI=1S/C14H16F3N3S/c1-4-18-7-11-12(14(15,16)17)20-13(21-11)10-5-8(2)19-9(3)6-10/h5-6,18H,4,7H2,1-3H3. The van der Waals surface area contributed by atoms with Gasteiger partial charge in [0.25, 0.3) is 0 Å². The van der Waals surface area contributed by atoms with Crippen LogP contribution in [0, 0.1) is 13.8 Å². The second-order valence-electron chi connectivity index (χ2n) is 4.71. The molecule has 3 nitrogen and oxygen atoms in total. The van der Waals surface area contributed by atoms with Crippen LogP contribution in [0.2, 0.25) is 0 Å². The Morgan fingerprint density at radius 3 is 2.29 bits per heavy atom. The first-order chi connectivity index (χ1) is 9.81. The fourth-order valence-electron chi connectivity index (χ4n) is 2.01. The number of rotatable bonds is 4. The number of halogens is 3. The largest absolute Gasteiger partial charge is 0.434 e. The Morgan fingerprint density at radius 2 is 1.76 bits per heavy atom. The van der Waals surface area contributed by atoms with E-state index in [4.69, 9.17) is 0 Å². The first-order valence-corrected chi connectivity index (χ1v) is 7.36. The minimum atomic E-state index is -4.43. The Labute approximate surface area is 125 Å². The number of nitrogens with one attached hydrogen (secondary N) is 1. The van der Waals surface area contributed by atoms with Crippen LogP contribution in [0.15, 0.2) is 12.1 Å². The molecule has 0 aromatic carbocycles. The summed E-state index contributed by atoms with van der Waals surface area (Å²) in [5, 5.41) is 3.30. The van der Waals surface area contributed by atoms with Gasteiger partial charge in [0.15, 0.2) is 5.69 Å². The molecule has 0 aliphatic heterocycles. The highest BCUT2D eigenvalue weighted by Crippen LogP contribution is 2.37. The molecule has 0 atom stereocenters. The van der Waals surface area contributed by atoms with Crippen LogP contribution in [0.1, 0.15) is 28.9 Å². The molecule has 7 heteroatoms. The number of aryl methyl sites for hydroxylation is 2. The topological polar surface area (TPSA) is 37.8 Å². The van der Waals surface area contributed by atoms with E-state index in [1.807, 2.05) is 20.8 Å². The van der Waals surface area contributed by atoms with Crippen molar-refractivity contribution in [1.29, 1.82) is 0 Å². The van der Waals surface area contributed by atoms with Gasteiger partial charge in [-0.15, -0.1) is 11.3 Å². The van der Waals surface area contributed by atoms with E-state index in [1.165, 1.54) is 0 Å². The van der Waals surface area contributed by atoms with Gasteiger partial charge in [-0.1, -0.05) is 6.92 Å². The predicted octanol–water partition coefficient (Wildman–Crippen LogP) is 3.95. The van der Waals surface area contributed by atoms with Crippen LogP contribution in [0.5, 0.6) is 0 Å². The van der Waals surface area contributed by atoms with Crippen LogP contribution in [-0.4, -0.2) is 16.5 Å². The average Bonchev–Trinajstić information content (AvgIpc) is 2.79. The second kappa shape index (κ2) is 6.11. The van der Waals surface area contributed by atoms with Crippen LogP contribution in [0.3, 0.4) is 0 Å². The fraction of sp³-hybridized carbons (Fsp3) is 0.429. The van der Waals surface area contributed by atoms with Gasteiger partial charge in [-0.2, -0.15) is 13.2 Å². The highest BCUT2D eigenvalue weighted by molar-refractivity contribution is 7.15. The van der Waals surface area contributed by atoms with Crippen molar-refractivity contribution in [3.8, 4) is 10.6 Å². The number of aromatic nitrogens is 2. The summed E-state index contributed by atoms with van der Waals surface area (Å²) in [6, 6.07) is 3.51. The van der Waals surface area contributed by atoms with E-state index < -0.39 is 11.9 Å². The predicted molar refractivity (Wildman–Crippen MR) is 77.2 cm³/mol. The molecule has 0 aliphatic carbocycles. The first kappa shape index (κ1) is 15.9. The van der Waals surface area contributed by atoms with Gasteiger partial charge in [0.2, 0.25) is 0 Å². The third-order valence-corrected chi connectivity index (χ3v) is 3.93. The van der Waals surface area contributed by atoms with Crippen LogP contribution >= 0.6 is 11.3 Å². The van der Waals surface area contributed by atoms with E-state index >= 15 is 0 Å². The maximum atomic E-state index is 13.1. The Bertz CT molecular complexity index is 615. The summed E-state index contributed by atoms with van der Waals surface area (Å²) in [4.78, 5) is 8.26. The Balaban J connectivity index is 2.47. The third kappa shape index (κ3) is 3.79. The van der Waals surface area contributed by atoms with Crippen LogP contribution < -0.4 is 5.32 Å². The molecule has 0 radical (unpaired) electrons. The molecule has 0 fully saturated rings. The van der Waals surface area contributed by atoms with E-state index in [0.717, 1.165) is 22.7 Å². The number of pyridine rings is 1. The van der Waals surface area contributed by atoms with Crippen molar-refractivity contribution >= 4 is 11.3 Å². The smallest absolute Gasteiger partial charge is 0.312 e. The maximum Gasteiger partial charge on any atom is 0.434 e. The summed E-state index contributed by atoms with van der Waals surface area (Å²) in [6.45, 7) is 6.26. The van der Waals surface area contributed by atoms with Gasteiger partial charge in [-0.05, 0) is 32.5 Å². The van der Waals surface area contributed by atoms with E-state index in [2.05, 4.69) is 15.3 Å². The number of alkyl halides is 3. The lowest BCUT2D eigenvalue weighted by Gasteiger charge is -2.05. The molecular weight excluding hydrogens is 299 g/mol. The SMILES string of the molecule is CCNCc1sc(-c2cc(C)nc(C)c2)nc1C(F)(F)F. The summed E-state index contributed by atoms with van der Waals surface area (Å²) in [5.41, 5.74) is 1.41. The van der Waals surface area contributed by atoms with Crippen molar-refractivity contribution in [1.82, 2.24) is 15.3 Å². The van der Waals surface area contributed by atoms with Crippen molar-refractivity contribution in [2.45, 2.75) is 33.5 Å². The van der Waals surface area contributed by atoms with Crippen molar-refractivity contribution in [3.63, 3.8) is 0 Å². The summed E-state index contributed by atoms with van der Waals surface area (Å²) in [5.74, 6) is 0. The molecule has 0 saturated carbocycles. The summed E-state index contributed by atoms with van der Waals surface area (Å²) < 4.78 is 39.2. The minimum absolute atomic E-state index is 0.173. The zero-order chi connectivity index (χ0) is 15.6. The number of thiazole rings is 1. The van der Waals surface area contributed by atoms with Gasteiger partial charge in [-0.25, -0.2) is 4.98 Å². The number of hydrogen-bond donors (Lipinski definition) is 1. The minimum Gasteiger partial charge on any atom is -0.312 e. The highest BCUT2D eigenvalue weighted by Gasteiger charge is 2.37. The van der Waals surface area contributed by atoms with Gasteiger partial charge in [0, 0.05) is 23.5 Å². The van der Waals surface area contributed by atoms with E-state index in [0.29, 0.717) is 17.1 Å². The number of nitrogens with zero attached hydrogens (tertiary/aromatic N) is 2. The second-order valence-corrected chi connectivity index (χ2v) is 5.79. The fourth-order valence-corrected chi connectivity index (χ4v) is 3.05. The molecule has 0 unspecified atom stereocenters. The van der Waals surface area contributed by atoms with Crippen LogP contribution in [-0.2, 0) is 12.7 Å². The average molecular weight is 315 g/mol. The summed E-state index contributed by atoms with van der Waals surface area (Å²) in [7, 11) is 0. The van der Waals surface area contributed by atoms with Crippen LogP contribution in [0.25, 0.3) is 10.6 Å². The summed E-state index contributed by atoms with van der Waals surface area (Å²) in [6.07, 6.45) is -4.43. The molecular formula is C14H16F3N3S. The third-order valence-electron chi connectivity index (χ3n) is 2.83. The first-order valence-electron chi connectivity index (χ1n) is 6.54. The van der Waals surface area contributed by atoms with Gasteiger partial charge >= 0.3 is 6.18 Å². The molecule has 2 aromatic heterocycles. The Hall–Kier alpha value is -1.47. The quantitative estimate of drug-likeness (QED) is 0.928. The number of hydrogen-bond acceptors (Lipinski definition) is 4. The van der Waals surface area contributed by atoms with Crippen molar-refractivity contribution in [2.75, 3.05) is 6.54 Å². The lowest BCUT2D eigenvalue weighted by molar-refractivity contribution is -0.141. The van der Waals surface area contributed by atoms with Crippen molar-refractivity contribution < 1.29 is 13.2 Å². The molecule has 0 amide bonds. The molecule has 0 bridgehead atoms. The van der Waals surface area contributed by atoms with Crippen molar-refractivity contribution in [2.24, 2.45) is 0 Å². The van der Waals surface area contributed by atoms with Gasteiger partial charge in [0.05, 0.1) is 4.88 Å². The van der Waals surface area contributed by atoms with Gasteiger partial charge in [0.1, 0.15) is 5.01 Å². The van der Waals surface area contributed by atoms with E-state index in [9.17, 15) is 13.2 Å². The molecule has 0 spiro atoms. The van der Waals surface area contributed by atoms with E-state index in [-0.39, 0.29) is 11.4 Å². The zero-order valence-corrected chi connectivity index (χ0v) is 12.8. The molecule has 2 rings (SSSR count).